The second kappa shape index (κ2) is 8.10. The molecule has 3 N–H and O–H groups in total. The highest BCUT2D eigenvalue weighted by atomic mass is 19.4. The topological polar surface area (TPSA) is 113 Å². The number of amides is 2. The molecule has 33 heavy (non-hydrogen) atoms. The molecule has 0 atom stereocenters. The van der Waals surface area contributed by atoms with Gasteiger partial charge in [-0.2, -0.15) is 26.3 Å². The first kappa shape index (κ1) is 24.1. The monoisotopic (exact) mass is 478 g/mol. The van der Waals surface area contributed by atoms with Crippen LogP contribution in [0.2, 0.25) is 0 Å². The molecule has 0 saturated carbocycles. The van der Waals surface area contributed by atoms with Crippen LogP contribution in [0.15, 0.2) is 33.3 Å². The quantitative estimate of drug-likeness (QED) is 0.444. The molecule has 0 radical (unpaired) electrons. The van der Waals surface area contributed by atoms with Crippen molar-refractivity contribution in [1.29, 1.82) is 0 Å². The van der Waals surface area contributed by atoms with Crippen molar-refractivity contribution in [3.05, 3.63) is 47.0 Å². The van der Waals surface area contributed by atoms with Crippen LogP contribution in [0.1, 0.15) is 22.8 Å². The number of aromatic nitrogens is 2. The number of carbonyl (C=O) groups is 1. The lowest BCUT2D eigenvalue weighted by molar-refractivity contribution is -0.376. The Morgan fingerprint density at radius 2 is 1.42 bits per heavy atom. The van der Waals surface area contributed by atoms with Crippen molar-refractivity contribution in [1.82, 2.24) is 10.3 Å². The smallest absolute Gasteiger partial charge is 0.369 e. The van der Waals surface area contributed by atoms with Crippen LogP contribution in [0, 0.1) is 20.8 Å². The van der Waals surface area contributed by atoms with Gasteiger partial charge in [-0.25, -0.2) is 4.79 Å². The number of hydrogen-bond acceptors (Lipinski definition) is 6. The van der Waals surface area contributed by atoms with Gasteiger partial charge in [-0.3, -0.25) is 5.32 Å². The first-order chi connectivity index (χ1) is 15.2. The summed E-state index contributed by atoms with van der Waals surface area (Å²) >= 11 is 0. The number of hydrogen-bond donors (Lipinski definition) is 3. The first-order valence-electron chi connectivity index (χ1n) is 9.10. The fraction of sp³-hybridized carbons (Fsp3) is 0.316. The highest BCUT2D eigenvalue weighted by Crippen LogP contribution is 2.50. The van der Waals surface area contributed by atoms with E-state index in [1.807, 2.05) is 0 Å². The Bertz CT molecular complexity index is 1130. The van der Waals surface area contributed by atoms with Gasteiger partial charge in [0.15, 0.2) is 11.6 Å². The molecule has 8 nitrogen and oxygen atoms in total. The Morgan fingerprint density at radius 3 is 1.91 bits per heavy atom. The van der Waals surface area contributed by atoms with Gasteiger partial charge in [0.25, 0.3) is 5.60 Å². The van der Waals surface area contributed by atoms with Crippen LogP contribution < -0.4 is 10.6 Å². The van der Waals surface area contributed by atoms with Crippen LogP contribution in [0.5, 0.6) is 0 Å². The number of alkyl halides is 6. The molecule has 3 rings (SSSR count). The van der Waals surface area contributed by atoms with Crippen molar-refractivity contribution >= 4 is 17.5 Å². The third kappa shape index (κ3) is 4.25. The molecular weight excluding hydrogens is 462 g/mol. The third-order valence-corrected chi connectivity index (χ3v) is 4.78. The van der Waals surface area contributed by atoms with E-state index in [1.54, 1.807) is 13.8 Å². The van der Waals surface area contributed by atoms with Gasteiger partial charge in [-0.05, 0) is 26.3 Å². The summed E-state index contributed by atoms with van der Waals surface area (Å²) in [4.78, 5) is 12.3. The second-order valence-corrected chi connectivity index (χ2v) is 7.02. The molecule has 0 unspecified atom stereocenters. The molecule has 1 aromatic carbocycles. The molecule has 0 bridgehead atoms. The molecule has 178 valence electrons. The summed E-state index contributed by atoms with van der Waals surface area (Å²) in [7, 11) is 0. The second-order valence-electron chi connectivity index (χ2n) is 7.02. The van der Waals surface area contributed by atoms with E-state index in [2.05, 4.69) is 20.9 Å². The van der Waals surface area contributed by atoms with E-state index in [-0.39, 0.29) is 22.7 Å². The highest BCUT2D eigenvalue weighted by molar-refractivity contribution is 6.02. The molecule has 2 amide bonds. The zero-order valence-electron chi connectivity index (χ0n) is 17.1. The minimum atomic E-state index is -6.01. The third-order valence-electron chi connectivity index (χ3n) is 4.78. The first-order valence-corrected chi connectivity index (χ1v) is 9.10. The number of nitrogens with one attached hydrogen (secondary N) is 2. The summed E-state index contributed by atoms with van der Waals surface area (Å²) in [5.74, 6) is 0.306. The Balaban J connectivity index is 1.91. The molecule has 3 aromatic rings. The van der Waals surface area contributed by atoms with Gasteiger partial charge in [-0.1, -0.05) is 34.6 Å². The standard InChI is InChI=1S/C19H16F6N4O4/c1-8-14(10(3)33-28-8)26-16(30)27-15-13(9(2)32-29-15)11-4-6-12(7-5-11)17(31,18(20,21)22)19(23,24)25/h4-7,31H,1-3H3,(H2,26,27,29,30). The van der Waals surface area contributed by atoms with Crippen LogP contribution >= 0.6 is 0 Å². The number of carbonyl (C=O) groups excluding carboxylic acids is 1. The lowest BCUT2D eigenvalue weighted by Crippen LogP contribution is -2.53. The number of rotatable bonds is 4. The van der Waals surface area contributed by atoms with Crippen LogP contribution in [-0.2, 0) is 5.60 Å². The molecule has 0 fully saturated rings. The number of aliphatic hydroxyl groups is 1. The number of anilines is 2. The van der Waals surface area contributed by atoms with Gasteiger partial charge >= 0.3 is 18.4 Å². The molecule has 14 heteroatoms. The summed E-state index contributed by atoms with van der Waals surface area (Å²) in [6.07, 6.45) is -12.0. The van der Waals surface area contributed by atoms with Crippen LogP contribution in [-0.4, -0.2) is 33.8 Å². The van der Waals surface area contributed by atoms with E-state index in [4.69, 9.17) is 9.05 Å². The maximum Gasteiger partial charge on any atom is 0.430 e. The van der Waals surface area contributed by atoms with Crippen molar-refractivity contribution in [2.75, 3.05) is 10.6 Å². The van der Waals surface area contributed by atoms with E-state index in [0.29, 0.717) is 29.3 Å². The van der Waals surface area contributed by atoms with E-state index in [1.165, 1.54) is 6.92 Å². The molecule has 0 aliphatic carbocycles. The minimum absolute atomic E-state index is 0.0804. The zero-order chi connectivity index (χ0) is 24.8. The van der Waals surface area contributed by atoms with Gasteiger partial charge in [0, 0.05) is 5.56 Å². The Kier molecular flexibility index (Phi) is 5.91. The van der Waals surface area contributed by atoms with Crippen LogP contribution in [0.25, 0.3) is 11.1 Å². The molecule has 2 heterocycles. The molecule has 0 saturated heterocycles. The predicted octanol–water partition coefficient (Wildman–Crippen LogP) is 5.21. The van der Waals surface area contributed by atoms with Crippen molar-refractivity contribution in [2.24, 2.45) is 0 Å². The van der Waals surface area contributed by atoms with Crippen molar-refractivity contribution in [2.45, 2.75) is 38.7 Å². The summed E-state index contributed by atoms with van der Waals surface area (Å²) in [5, 5.41) is 21.7. The number of aryl methyl sites for hydroxylation is 3. The fourth-order valence-corrected chi connectivity index (χ4v) is 3.08. The Hall–Kier alpha value is -3.55. The molecule has 2 aromatic heterocycles. The summed E-state index contributed by atoms with van der Waals surface area (Å²) in [6.45, 7) is 4.57. The number of benzene rings is 1. The largest absolute Gasteiger partial charge is 0.430 e. The highest BCUT2D eigenvalue weighted by Gasteiger charge is 2.71. The predicted molar refractivity (Wildman–Crippen MR) is 101 cm³/mol. The Labute approximate surface area is 181 Å². The molecular formula is C19H16F6N4O4. The number of urea groups is 1. The van der Waals surface area contributed by atoms with Gasteiger partial charge in [-0.15, -0.1) is 0 Å². The number of halogens is 6. The summed E-state index contributed by atoms with van der Waals surface area (Å²) in [6, 6.07) is 2.01. The zero-order valence-corrected chi connectivity index (χ0v) is 17.1. The number of nitrogens with zero attached hydrogens (tertiary/aromatic N) is 2. The average molecular weight is 478 g/mol. The van der Waals surface area contributed by atoms with Crippen molar-refractivity contribution < 1.29 is 45.3 Å². The lowest BCUT2D eigenvalue weighted by atomic mass is 9.90. The normalized spacial score (nSPS) is 12.7. The van der Waals surface area contributed by atoms with Gasteiger partial charge in [0.2, 0.25) is 0 Å². The van der Waals surface area contributed by atoms with Gasteiger partial charge in [0.05, 0.1) is 5.56 Å². The Morgan fingerprint density at radius 1 is 0.879 bits per heavy atom. The van der Waals surface area contributed by atoms with Crippen LogP contribution in [0.4, 0.5) is 42.6 Å². The van der Waals surface area contributed by atoms with E-state index in [9.17, 15) is 36.2 Å². The molecule has 0 aliphatic rings. The van der Waals surface area contributed by atoms with Crippen LogP contribution in [0.3, 0.4) is 0 Å². The van der Waals surface area contributed by atoms with E-state index in [0.717, 1.165) is 12.1 Å². The fourth-order valence-electron chi connectivity index (χ4n) is 3.08. The lowest BCUT2D eigenvalue weighted by Gasteiger charge is -2.32. The van der Waals surface area contributed by atoms with Crippen molar-refractivity contribution in [3.63, 3.8) is 0 Å². The minimum Gasteiger partial charge on any atom is -0.369 e. The van der Waals surface area contributed by atoms with Gasteiger partial charge < -0.3 is 19.5 Å². The SMILES string of the molecule is Cc1noc(C)c1NC(=O)Nc1noc(C)c1-c1ccc(C(O)(C(F)(F)F)C(F)(F)F)cc1. The summed E-state index contributed by atoms with van der Waals surface area (Å²) in [5.41, 5.74) is -5.59. The van der Waals surface area contributed by atoms with E-state index >= 15 is 0 Å². The maximum atomic E-state index is 13.1. The maximum absolute atomic E-state index is 13.1. The molecule has 0 spiro atoms. The van der Waals surface area contributed by atoms with E-state index < -0.39 is 29.5 Å². The average Bonchev–Trinajstić information content (AvgIpc) is 3.22. The van der Waals surface area contributed by atoms with Gasteiger partial charge in [0.1, 0.15) is 17.1 Å². The molecule has 0 aliphatic heterocycles. The van der Waals surface area contributed by atoms with Crippen molar-refractivity contribution in [3.8, 4) is 11.1 Å². The summed E-state index contributed by atoms with van der Waals surface area (Å²) < 4.78 is 88.4.